The highest BCUT2D eigenvalue weighted by atomic mass is 16.2. The molecule has 2 aromatic rings. The average molecular weight is 256 g/mol. The van der Waals surface area contributed by atoms with Crippen LogP contribution in [0.1, 0.15) is 35.8 Å². The Bertz CT molecular complexity index is 731. The Labute approximate surface area is 111 Å². The molecule has 0 saturated carbocycles. The van der Waals surface area contributed by atoms with Gasteiger partial charge in [-0.25, -0.2) is 0 Å². The first-order chi connectivity index (χ1) is 9.13. The molecule has 2 heterocycles. The topological polar surface area (TPSA) is 51.1 Å². The molecule has 0 spiro atoms. The van der Waals surface area contributed by atoms with Gasteiger partial charge in [0.2, 0.25) is 5.43 Å². The van der Waals surface area contributed by atoms with E-state index in [2.05, 4.69) is 16.8 Å². The SMILES string of the molecule is CCNC(=O)c1cn2c3c(cccc3c1=O)C[C@@H]2C. The van der Waals surface area contributed by atoms with Gasteiger partial charge < -0.3 is 9.88 Å². The van der Waals surface area contributed by atoms with E-state index in [1.54, 1.807) is 12.3 Å². The molecule has 0 radical (unpaired) electrons. The third kappa shape index (κ3) is 1.67. The lowest BCUT2D eigenvalue weighted by molar-refractivity contribution is 0.0954. The van der Waals surface area contributed by atoms with Crippen LogP contribution in [0.3, 0.4) is 0 Å². The summed E-state index contributed by atoms with van der Waals surface area (Å²) in [5.74, 6) is -0.289. The molecule has 1 N–H and O–H groups in total. The predicted octanol–water partition coefficient (Wildman–Crippen LogP) is 1.87. The van der Waals surface area contributed by atoms with Crippen molar-refractivity contribution in [3.8, 4) is 0 Å². The molecule has 4 nitrogen and oxygen atoms in total. The van der Waals surface area contributed by atoms with E-state index in [9.17, 15) is 9.59 Å². The van der Waals surface area contributed by atoms with Gasteiger partial charge in [0, 0.05) is 24.2 Å². The molecule has 19 heavy (non-hydrogen) atoms. The Morgan fingerprint density at radius 1 is 1.47 bits per heavy atom. The third-order valence-electron chi connectivity index (χ3n) is 3.71. The zero-order valence-electron chi connectivity index (χ0n) is 11.1. The molecule has 1 atom stereocenters. The van der Waals surface area contributed by atoms with Crippen LogP contribution < -0.4 is 10.7 Å². The van der Waals surface area contributed by atoms with Gasteiger partial charge in [0.15, 0.2) is 0 Å². The minimum absolute atomic E-state index is 0.173. The van der Waals surface area contributed by atoms with E-state index >= 15 is 0 Å². The Balaban J connectivity index is 2.33. The molecule has 1 amide bonds. The summed E-state index contributed by atoms with van der Waals surface area (Å²) in [5.41, 5.74) is 2.23. The number of rotatable bonds is 2. The second-order valence-corrected chi connectivity index (χ2v) is 5.01. The van der Waals surface area contributed by atoms with Gasteiger partial charge in [-0.05, 0) is 31.9 Å². The Kier molecular flexibility index (Phi) is 2.66. The number of benzene rings is 1. The van der Waals surface area contributed by atoms with Crippen LogP contribution in [0.25, 0.3) is 10.9 Å². The second-order valence-electron chi connectivity index (χ2n) is 5.01. The summed E-state index contributed by atoms with van der Waals surface area (Å²) in [5, 5.41) is 3.34. The van der Waals surface area contributed by atoms with Crippen LogP contribution in [0.15, 0.2) is 29.2 Å². The molecule has 1 aliphatic rings. The largest absolute Gasteiger partial charge is 0.352 e. The summed E-state index contributed by atoms with van der Waals surface area (Å²) in [6.45, 7) is 4.47. The molecule has 1 aliphatic heterocycles. The molecular formula is C15H16N2O2. The lowest BCUT2D eigenvalue weighted by Gasteiger charge is -2.12. The molecule has 98 valence electrons. The van der Waals surface area contributed by atoms with Crippen molar-refractivity contribution in [2.75, 3.05) is 6.54 Å². The molecule has 0 bridgehead atoms. The van der Waals surface area contributed by atoms with E-state index in [0.717, 1.165) is 11.9 Å². The van der Waals surface area contributed by atoms with Crippen molar-refractivity contribution >= 4 is 16.8 Å². The standard InChI is InChI=1S/C15H16N2O2/c1-3-16-15(19)12-8-17-9(2)7-10-5-4-6-11(13(10)17)14(12)18/h4-6,8-9H,3,7H2,1-2H3,(H,16,19)/t9-/m0/s1. The second kappa shape index (κ2) is 4.23. The molecule has 3 rings (SSSR count). The minimum Gasteiger partial charge on any atom is -0.352 e. The Morgan fingerprint density at radius 2 is 2.26 bits per heavy atom. The average Bonchev–Trinajstić information content (AvgIpc) is 2.71. The van der Waals surface area contributed by atoms with Gasteiger partial charge >= 0.3 is 0 Å². The summed E-state index contributed by atoms with van der Waals surface area (Å²) in [7, 11) is 0. The Morgan fingerprint density at radius 3 is 3.00 bits per heavy atom. The van der Waals surface area contributed by atoms with Gasteiger partial charge in [0.25, 0.3) is 5.91 Å². The molecule has 0 saturated heterocycles. The summed E-state index contributed by atoms with van der Waals surface area (Å²) < 4.78 is 2.05. The highest BCUT2D eigenvalue weighted by molar-refractivity contribution is 5.98. The first kappa shape index (κ1) is 12.0. The van der Waals surface area contributed by atoms with Crippen LogP contribution in [-0.4, -0.2) is 17.0 Å². The molecule has 4 heteroatoms. The fourth-order valence-corrected chi connectivity index (χ4v) is 2.83. The fraction of sp³-hybridized carbons (Fsp3) is 0.333. The number of carbonyl (C=O) groups excluding carboxylic acids is 1. The van der Waals surface area contributed by atoms with E-state index in [1.807, 2.05) is 19.1 Å². The highest BCUT2D eigenvalue weighted by Gasteiger charge is 2.23. The van der Waals surface area contributed by atoms with Gasteiger partial charge in [0.1, 0.15) is 5.56 Å². The number of amides is 1. The van der Waals surface area contributed by atoms with E-state index in [1.165, 1.54) is 5.56 Å². The lowest BCUT2D eigenvalue weighted by Crippen LogP contribution is -2.29. The molecule has 0 aliphatic carbocycles. The van der Waals surface area contributed by atoms with Crippen molar-refractivity contribution < 1.29 is 4.79 Å². The van der Waals surface area contributed by atoms with Crippen molar-refractivity contribution in [3.05, 3.63) is 45.7 Å². The molecule has 0 fully saturated rings. The fourth-order valence-electron chi connectivity index (χ4n) is 2.83. The summed E-state index contributed by atoms with van der Waals surface area (Å²) in [4.78, 5) is 24.4. The van der Waals surface area contributed by atoms with E-state index in [0.29, 0.717) is 11.9 Å². The van der Waals surface area contributed by atoms with Crippen LogP contribution in [0.4, 0.5) is 0 Å². The number of hydrogen-bond acceptors (Lipinski definition) is 2. The maximum absolute atomic E-state index is 12.4. The Hall–Kier alpha value is -2.10. The van der Waals surface area contributed by atoms with Crippen molar-refractivity contribution in [1.82, 2.24) is 9.88 Å². The van der Waals surface area contributed by atoms with Crippen LogP contribution in [0.2, 0.25) is 0 Å². The maximum Gasteiger partial charge on any atom is 0.256 e. The van der Waals surface area contributed by atoms with Crippen LogP contribution >= 0.6 is 0 Å². The minimum atomic E-state index is -0.289. The molecular weight excluding hydrogens is 240 g/mol. The van der Waals surface area contributed by atoms with E-state index in [-0.39, 0.29) is 22.9 Å². The molecule has 1 aromatic carbocycles. The van der Waals surface area contributed by atoms with Gasteiger partial charge in [0.05, 0.1) is 5.52 Å². The van der Waals surface area contributed by atoms with E-state index < -0.39 is 0 Å². The first-order valence-electron chi connectivity index (χ1n) is 6.58. The molecule has 1 aromatic heterocycles. The third-order valence-corrected chi connectivity index (χ3v) is 3.71. The maximum atomic E-state index is 12.4. The lowest BCUT2D eigenvalue weighted by atomic mass is 10.1. The number of para-hydroxylation sites is 1. The highest BCUT2D eigenvalue weighted by Crippen LogP contribution is 2.30. The van der Waals surface area contributed by atoms with Crippen LogP contribution in [-0.2, 0) is 6.42 Å². The zero-order valence-corrected chi connectivity index (χ0v) is 11.1. The number of nitrogens with one attached hydrogen (secondary N) is 1. The number of hydrogen-bond donors (Lipinski definition) is 1. The summed E-state index contributed by atoms with van der Waals surface area (Å²) in [6.07, 6.45) is 2.62. The van der Waals surface area contributed by atoms with Crippen LogP contribution in [0.5, 0.6) is 0 Å². The van der Waals surface area contributed by atoms with Crippen molar-refractivity contribution in [3.63, 3.8) is 0 Å². The predicted molar refractivity (Wildman–Crippen MR) is 74.6 cm³/mol. The number of pyridine rings is 1. The van der Waals surface area contributed by atoms with Gasteiger partial charge in [-0.1, -0.05) is 12.1 Å². The zero-order chi connectivity index (χ0) is 13.6. The van der Waals surface area contributed by atoms with E-state index in [4.69, 9.17) is 0 Å². The number of carbonyl (C=O) groups is 1. The quantitative estimate of drug-likeness (QED) is 0.891. The van der Waals surface area contributed by atoms with Gasteiger partial charge in [-0.2, -0.15) is 0 Å². The summed E-state index contributed by atoms with van der Waals surface area (Å²) in [6, 6.07) is 6.03. The number of aromatic nitrogens is 1. The molecule has 0 unspecified atom stereocenters. The van der Waals surface area contributed by atoms with Crippen molar-refractivity contribution in [1.29, 1.82) is 0 Å². The first-order valence-corrected chi connectivity index (χ1v) is 6.58. The smallest absolute Gasteiger partial charge is 0.256 e. The monoisotopic (exact) mass is 256 g/mol. The van der Waals surface area contributed by atoms with Crippen molar-refractivity contribution in [2.24, 2.45) is 0 Å². The normalized spacial score (nSPS) is 16.8. The summed E-state index contributed by atoms with van der Waals surface area (Å²) >= 11 is 0. The van der Waals surface area contributed by atoms with Gasteiger partial charge in [-0.3, -0.25) is 9.59 Å². The van der Waals surface area contributed by atoms with Crippen molar-refractivity contribution in [2.45, 2.75) is 26.3 Å². The number of nitrogens with zero attached hydrogens (tertiary/aromatic N) is 1. The van der Waals surface area contributed by atoms with Crippen LogP contribution in [0, 0.1) is 0 Å². The van der Waals surface area contributed by atoms with Gasteiger partial charge in [-0.15, -0.1) is 0 Å².